The summed E-state index contributed by atoms with van der Waals surface area (Å²) >= 11 is 0. The van der Waals surface area contributed by atoms with Gasteiger partial charge in [0.1, 0.15) is 5.82 Å². The van der Waals surface area contributed by atoms with Gasteiger partial charge < -0.3 is 0 Å². The van der Waals surface area contributed by atoms with E-state index in [1.165, 1.54) is 83.5 Å². The maximum Gasteiger partial charge on any atom is 0.127 e. The number of benzene rings is 1. The van der Waals surface area contributed by atoms with Crippen LogP contribution in [0.4, 0.5) is 4.39 Å². The summed E-state index contributed by atoms with van der Waals surface area (Å²) in [7, 11) is 0. The largest absolute Gasteiger partial charge is 0.207 e. The summed E-state index contributed by atoms with van der Waals surface area (Å²) in [4.78, 5) is 0. The summed E-state index contributed by atoms with van der Waals surface area (Å²) in [5.74, 6) is 10.1. The van der Waals surface area contributed by atoms with Crippen molar-refractivity contribution in [2.24, 2.45) is 23.7 Å². The average Bonchev–Trinajstić information content (AvgIpc) is 2.81. The highest BCUT2D eigenvalue weighted by Crippen LogP contribution is 2.42. The first-order chi connectivity index (χ1) is 15.2. The van der Waals surface area contributed by atoms with Crippen molar-refractivity contribution in [3.8, 4) is 11.8 Å². The zero-order valence-electron chi connectivity index (χ0n) is 20.2. The average molecular weight is 425 g/mol. The van der Waals surface area contributed by atoms with Crippen LogP contribution < -0.4 is 0 Å². The molecule has 1 aromatic rings. The lowest BCUT2D eigenvalue weighted by Crippen LogP contribution is -2.25. The first kappa shape index (κ1) is 24.4. The van der Waals surface area contributed by atoms with Gasteiger partial charge in [0, 0.05) is 11.5 Å². The second-order valence-electron chi connectivity index (χ2n) is 10.4. The number of halogens is 1. The van der Waals surface area contributed by atoms with Crippen molar-refractivity contribution in [3.63, 3.8) is 0 Å². The van der Waals surface area contributed by atoms with Gasteiger partial charge in [0.2, 0.25) is 0 Å². The van der Waals surface area contributed by atoms with Gasteiger partial charge in [-0.2, -0.15) is 0 Å². The van der Waals surface area contributed by atoms with E-state index in [0.717, 1.165) is 48.1 Å². The van der Waals surface area contributed by atoms with Crippen LogP contribution in [0, 0.1) is 41.3 Å². The van der Waals surface area contributed by atoms with Gasteiger partial charge in [-0.3, -0.25) is 0 Å². The number of hydrogen-bond donors (Lipinski definition) is 0. The van der Waals surface area contributed by atoms with E-state index < -0.39 is 0 Å². The van der Waals surface area contributed by atoms with Gasteiger partial charge in [-0.05, 0) is 86.8 Å². The second kappa shape index (κ2) is 13.3. The predicted octanol–water partition coefficient (Wildman–Crippen LogP) is 9.10. The highest BCUT2D eigenvalue weighted by Gasteiger charge is 2.30. The molecule has 0 spiro atoms. The summed E-state index contributed by atoms with van der Waals surface area (Å²) in [5, 5.41) is 0. The quantitative estimate of drug-likeness (QED) is 0.274. The first-order valence-electron chi connectivity index (χ1n) is 13.5. The van der Waals surface area contributed by atoms with Gasteiger partial charge in [0.15, 0.2) is 0 Å². The van der Waals surface area contributed by atoms with E-state index in [0.29, 0.717) is 5.92 Å². The first-order valence-corrected chi connectivity index (χ1v) is 13.5. The normalized spacial score (nSPS) is 26.3. The van der Waals surface area contributed by atoms with E-state index in [4.69, 9.17) is 0 Å². The van der Waals surface area contributed by atoms with Crippen molar-refractivity contribution in [2.45, 2.75) is 117 Å². The third-order valence-electron chi connectivity index (χ3n) is 8.07. The molecule has 0 unspecified atom stereocenters. The summed E-state index contributed by atoms with van der Waals surface area (Å²) in [6.07, 6.45) is 21.2. The molecule has 0 bridgehead atoms. The smallest absolute Gasteiger partial charge is 0.127 e. The van der Waals surface area contributed by atoms with Crippen LogP contribution in [0.15, 0.2) is 18.2 Å². The number of unbranched alkanes of at least 4 members (excludes halogenated alkanes) is 4. The SMILES string of the molecule is CCCCCC[C@H]1CC[C@H](C2CCC(C#Cc3ccc(CCCC)c(F)c3)CC2)CC1. The van der Waals surface area contributed by atoms with Gasteiger partial charge in [0.05, 0.1) is 0 Å². The Labute approximate surface area is 191 Å². The van der Waals surface area contributed by atoms with E-state index in [2.05, 4.69) is 25.7 Å². The fourth-order valence-corrected chi connectivity index (χ4v) is 5.92. The zero-order valence-corrected chi connectivity index (χ0v) is 20.2. The highest BCUT2D eigenvalue weighted by molar-refractivity contribution is 5.37. The Hall–Kier alpha value is -1.29. The summed E-state index contributed by atoms with van der Waals surface area (Å²) in [5.41, 5.74) is 1.68. The van der Waals surface area contributed by atoms with Crippen molar-refractivity contribution in [3.05, 3.63) is 35.1 Å². The van der Waals surface area contributed by atoms with Gasteiger partial charge in [-0.15, -0.1) is 0 Å². The molecule has 172 valence electrons. The Bertz CT molecular complexity index is 693. The zero-order chi connectivity index (χ0) is 21.9. The summed E-state index contributed by atoms with van der Waals surface area (Å²) < 4.78 is 14.3. The van der Waals surface area contributed by atoms with E-state index in [1.807, 2.05) is 12.1 Å². The Kier molecular flexibility index (Phi) is 10.5. The minimum absolute atomic E-state index is 0.0788. The van der Waals surface area contributed by atoms with Crippen LogP contribution in [0.1, 0.15) is 121 Å². The summed E-state index contributed by atoms with van der Waals surface area (Å²) in [6, 6.07) is 5.59. The summed E-state index contributed by atoms with van der Waals surface area (Å²) in [6.45, 7) is 4.45. The molecule has 0 N–H and O–H groups in total. The lowest BCUT2D eigenvalue weighted by Gasteiger charge is -2.37. The van der Waals surface area contributed by atoms with E-state index >= 15 is 0 Å². The molecule has 1 heteroatoms. The molecule has 2 aliphatic rings. The molecule has 0 amide bonds. The van der Waals surface area contributed by atoms with Crippen molar-refractivity contribution >= 4 is 0 Å². The van der Waals surface area contributed by atoms with Gasteiger partial charge >= 0.3 is 0 Å². The molecule has 3 rings (SSSR count). The molecule has 0 saturated heterocycles. The van der Waals surface area contributed by atoms with E-state index in [9.17, 15) is 4.39 Å². The number of rotatable bonds is 9. The molecule has 2 aliphatic carbocycles. The van der Waals surface area contributed by atoms with Crippen molar-refractivity contribution in [1.82, 2.24) is 0 Å². The molecular formula is C30H45F. The highest BCUT2D eigenvalue weighted by atomic mass is 19.1. The Morgan fingerprint density at radius 1 is 0.806 bits per heavy atom. The van der Waals surface area contributed by atoms with Crippen LogP contribution in [0.5, 0.6) is 0 Å². The molecule has 0 aromatic heterocycles. The topological polar surface area (TPSA) is 0 Å². The van der Waals surface area contributed by atoms with Gasteiger partial charge in [0.25, 0.3) is 0 Å². The second-order valence-corrected chi connectivity index (χ2v) is 10.4. The van der Waals surface area contributed by atoms with Crippen LogP contribution in [0.2, 0.25) is 0 Å². The van der Waals surface area contributed by atoms with Crippen molar-refractivity contribution in [2.75, 3.05) is 0 Å². The molecule has 0 nitrogen and oxygen atoms in total. The van der Waals surface area contributed by atoms with Crippen molar-refractivity contribution in [1.29, 1.82) is 0 Å². The monoisotopic (exact) mass is 424 g/mol. The number of aryl methyl sites for hydroxylation is 1. The maximum absolute atomic E-state index is 14.3. The number of hydrogen-bond acceptors (Lipinski definition) is 0. The molecule has 1 aromatic carbocycles. The lowest BCUT2D eigenvalue weighted by molar-refractivity contribution is 0.153. The standard InChI is InChI=1S/C30H45F/c1-3-5-7-8-9-24-13-18-27(19-14-24)28-20-15-25(16-21-28)11-12-26-17-22-29(10-6-4-2)30(31)23-26/h17,22-25,27-28H,3-10,13-16,18-21H2,1-2H3/t24-,25?,27-,28?. The van der Waals surface area contributed by atoms with Crippen LogP contribution in [0.3, 0.4) is 0 Å². The lowest BCUT2D eigenvalue weighted by atomic mass is 9.69. The van der Waals surface area contributed by atoms with E-state index in [1.54, 1.807) is 6.07 Å². The molecule has 2 saturated carbocycles. The Morgan fingerprint density at radius 2 is 1.48 bits per heavy atom. The van der Waals surface area contributed by atoms with Crippen LogP contribution in [0.25, 0.3) is 0 Å². The Balaban J connectivity index is 1.38. The van der Waals surface area contributed by atoms with E-state index in [-0.39, 0.29) is 5.82 Å². The Morgan fingerprint density at radius 3 is 2.13 bits per heavy atom. The molecule has 0 aliphatic heterocycles. The molecular weight excluding hydrogens is 379 g/mol. The fourth-order valence-electron chi connectivity index (χ4n) is 5.92. The molecule has 31 heavy (non-hydrogen) atoms. The third-order valence-corrected chi connectivity index (χ3v) is 8.07. The molecule has 2 fully saturated rings. The third kappa shape index (κ3) is 7.97. The molecule has 0 radical (unpaired) electrons. The molecule has 0 atom stereocenters. The minimum atomic E-state index is -0.0788. The van der Waals surface area contributed by atoms with Crippen LogP contribution in [-0.2, 0) is 6.42 Å². The van der Waals surface area contributed by atoms with Crippen LogP contribution in [-0.4, -0.2) is 0 Å². The van der Waals surface area contributed by atoms with Gasteiger partial charge in [-0.1, -0.05) is 83.1 Å². The maximum atomic E-state index is 14.3. The van der Waals surface area contributed by atoms with Crippen molar-refractivity contribution < 1.29 is 4.39 Å². The van der Waals surface area contributed by atoms with Gasteiger partial charge in [-0.25, -0.2) is 4.39 Å². The van der Waals surface area contributed by atoms with Crippen LogP contribution >= 0.6 is 0 Å². The fraction of sp³-hybridized carbons (Fsp3) is 0.733. The molecule has 0 heterocycles. The minimum Gasteiger partial charge on any atom is -0.207 e. The predicted molar refractivity (Wildman–Crippen MR) is 132 cm³/mol.